The van der Waals surface area contributed by atoms with Crippen LogP contribution in [0.5, 0.6) is 0 Å². The zero-order chi connectivity index (χ0) is 14.9. The third-order valence-electron chi connectivity index (χ3n) is 3.96. The van der Waals surface area contributed by atoms with E-state index in [1.807, 2.05) is 0 Å². The van der Waals surface area contributed by atoms with Crippen LogP contribution in [0.1, 0.15) is 49.1 Å². The van der Waals surface area contributed by atoms with E-state index in [9.17, 15) is 4.79 Å². The molecule has 1 aliphatic rings. The van der Waals surface area contributed by atoms with E-state index in [-0.39, 0.29) is 6.61 Å². The summed E-state index contributed by atoms with van der Waals surface area (Å²) in [5, 5.41) is 0. The van der Waals surface area contributed by atoms with Crippen LogP contribution in [0.25, 0.3) is 0 Å². The lowest BCUT2D eigenvalue weighted by atomic mass is 9.96. The van der Waals surface area contributed by atoms with Gasteiger partial charge in [-0.15, -0.1) is 0 Å². The number of hydrogen-bond acceptors (Lipinski definition) is 3. The summed E-state index contributed by atoms with van der Waals surface area (Å²) < 4.78 is 9.70. The van der Waals surface area contributed by atoms with Crippen LogP contribution >= 0.6 is 0 Å². The van der Waals surface area contributed by atoms with E-state index in [0.29, 0.717) is 6.61 Å². The molecule has 1 aromatic carbocycles. The van der Waals surface area contributed by atoms with E-state index >= 15 is 0 Å². The fourth-order valence-electron chi connectivity index (χ4n) is 2.82. The molecule has 0 aliphatic heterocycles. The molecule has 1 aromatic rings. The van der Waals surface area contributed by atoms with Crippen LogP contribution in [0.15, 0.2) is 36.9 Å². The van der Waals surface area contributed by atoms with E-state index in [0.717, 1.165) is 18.8 Å². The Morgan fingerprint density at radius 2 is 1.90 bits per heavy atom. The predicted octanol–water partition coefficient (Wildman–Crippen LogP) is 4.62. The van der Waals surface area contributed by atoms with Gasteiger partial charge in [-0.05, 0) is 42.7 Å². The number of carbonyl (C=O) groups is 1. The van der Waals surface area contributed by atoms with Crippen LogP contribution in [0.2, 0.25) is 0 Å². The number of ether oxygens (including phenoxy) is 2. The van der Waals surface area contributed by atoms with Gasteiger partial charge in [-0.1, -0.05) is 49.8 Å². The van der Waals surface area contributed by atoms with Crippen molar-refractivity contribution in [1.82, 2.24) is 0 Å². The van der Waals surface area contributed by atoms with Gasteiger partial charge in [0.15, 0.2) is 0 Å². The van der Waals surface area contributed by atoms with Gasteiger partial charge in [-0.2, -0.15) is 0 Å². The van der Waals surface area contributed by atoms with Crippen molar-refractivity contribution in [3.63, 3.8) is 0 Å². The summed E-state index contributed by atoms with van der Waals surface area (Å²) in [6.45, 7) is 4.06. The number of hydrogen-bond donors (Lipinski definition) is 0. The minimum Gasteiger partial charge on any atom is -0.434 e. The summed E-state index contributed by atoms with van der Waals surface area (Å²) in [5.74, 6) is 0.766. The molecule has 1 saturated carbocycles. The molecule has 0 atom stereocenters. The summed E-state index contributed by atoms with van der Waals surface area (Å²) in [7, 11) is 0. The van der Waals surface area contributed by atoms with Gasteiger partial charge in [0.1, 0.15) is 6.61 Å². The Kier molecular flexibility index (Phi) is 6.32. The molecular formula is C18H24O3. The Morgan fingerprint density at radius 1 is 1.19 bits per heavy atom. The smallest absolute Gasteiger partial charge is 0.434 e. The number of carbonyl (C=O) groups excluding carboxylic acids is 1. The molecule has 0 amide bonds. The maximum absolute atomic E-state index is 11.1. The molecule has 0 heterocycles. The maximum Gasteiger partial charge on any atom is 0.508 e. The van der Waals surface area contributed by atoms with Gasteiger partial charge < -0.3 is 9.47 Å². The fraction of sp³-hybridized carbons (Fsp3) is 0.500. The summed E-state index contributed by atoms with van der Waals surface area (Å²) in [6.07, 6.45) is 8.03. The second kappa shape index (κ2) is 8.50. The lowest BCUT2D eigenvalue weighted by Crippen LogP contribution is -2.08. The third kappa shape index (κ3) is 5.25. The molecule has 3 heteroatoms. The monoisotopic (exact) mass is 288 g/mol. The number of aryl methyl sites for hydroxylation is 1. The van der Waals surface area contributed by atoms with Crippen molar-refractivity contribution >= 4 is 6.16 Å². The molecule has 0 N–H and O–H groups in total. The first-order chi connectivity index (χ1) is 10.3. The van der Waals surface area contributed by atoms with E-state index in [2.05, 4.69) is 30.8 Å². The van der Waals surface area contributed by atoms with Crippen molar-refractivity contribution in [2.45, 2.75) is 44.4 Å². The first kappa shape index (κ1) is 15.6. The molecule has 0 bridgehead atoms. The lowest BCUT2D eigenvalue weighted by Gasteiger charge is -2.10. The predicted molar refractivity (Wildman–Crippen MR) is 83.5 cm³/mol. The lowest BCUT2D eigenvalue weighted by molar-refractivity contribution is 0.0625. The zero-order valence-corrected chi connectivity index (χ0v) is 12.6. The molecule has 21 heavy (non-hydrogen) atoms. The number of rotatable bonds is 7. The second-order valence-electron chi connectivity index (χ2n) is 5.52. The van der Waals surface area contributed by atoms with Gasteiger partial charge in [-0.3, -0.25) is 0 Å². The Labute approximate surface area is 127 Å². The highest BCUT2D eigenvalue weighted by molar-refractivity contribution is 5.59. The molecule has 0 unspecified atom stereocenters. The topological polar surface area (TPSA) is 35.5 Å². The molecule has 0 saturated heterocycles. The van der Waals surface area contributed by atoms with Crippen LogP contribution in [0.4, 0.5) is 4.79 Å². The molecular weight excluding hydrogens is 264 g/mol. The van der Waals surface area contributed by atoms with Crippen LogP contribution in [-0.2, 0) is 15.9 Å². The van der Waals surface area contributed by atoms with Crippen LogP contribution in [-0.4, -0.2) is 19.4 Å². The highest BCUT2D eigenvalue weighted by Crippen LogP contribution is 2.33. The maximum atomic E-state index is 11.1. The van der Waals surface area contributed by atoms with Gasteiger partial charge in [0.05, 0.1) is 6.61 Å². The van der Waals surface area contributed by atoms with Crippen molar-refractivity contribution < 1.29 is 14.3 Å². The average Bonchev–Trinajstić information content (AvgIpc) is 3.04. The van der Waals surface area contributed by atoms with E-state index in [4.69, 9.17) is 9.47 Å². The molecule has 0 radical (unpaired) electrons. The molecule has 0 spiro atoms. The first-order valence-corrected chi connectivity index (χ1v) is 7.79. The van der Waals surface area contributed by atoms with Crippen molar-refractivity contribution in [3.05, 3.63) is 48.0 Å². The third-order valence-corrected chi connectivity index (χ3v) is 3.96. The average molecular weight is 288 g/mol. The molecule has 1 aliphatic carbocycles. The van der Waals surface area contributed by atoms with Crippen LogP contribution in [0.3, 0.4) is 0 Å². The van der Waals surface area contributed by atoms with Crippen molar-refractivity contribution in [2.24, 2.45) is 0 Å². The largest absolute Gasteiger partial charge is 0.508 e. The minimum absolute atomic E-state index is 0.196. The molecule has 114 valence electrons. The Balaban J connectivity index is 1.66. The SMILES string of the molecule is C=CCOC(=O)OCCCc1ccc(C2CCCC2)cc1. The van der Waals surface area contributed by atoms with Gasteiger partial charge >= 0.3 is 6.16 Å². The summed E-state index contributed by atoms with van der Waals surface area (Å²) in [5.41, 5.74) is 2.76. The molecule has 2 rings (SSSR count). The highest BCUT2D eigenvalue weighted by atomic mass is 16.7. The van der Waals surface area contributed by atoms with Gasteiger partial charge in [0, 0.05) is 0 Å². The molecule has 0 aromatic heterocycles. The van der Waals surface area contributed by atoms with Crippen molar-refractivity contribution in [3.8, 4) is 0 Å². The van der Waals surface area contributed by atoms with Crippen LogP contribution in [0, 0.1) is 0 Å². The number of benzene rings is 1. The Bertz CT molecular complexity index is 444. The van der Waals surface area contributed by atoms with E-state index in [1.165, 1.54) is 42.9 Å². The van der Waals surface area contributed by atoms with E-state index in [1.54, 1.807) is 0 Å². The minimum atomic E-state index is -0.619. The van der Waals surface area contributed by atoms with Crippen molar-refractivity contribution in [1.29, 1.82) is 0 Å². The van der Waals surface area contributed by atoms with Gasteiger partial charge in [0.2, 0.25) is 0 Å². The quantitative estimate of drug-likeness (QED) is 0.417. The zero-order valence-electron chi connectivity index (χ0n) is 12.6. The highest BCUT2D eigenvalue weighted by Gasteiger charge is 2.16. The van der Waals surface area contributed by atoms with Gasteiger partial charge in [-0.25, -0.2) is 4.79 Å². The standard InChI is InChI=1S/C18H24O3/c1-2-13-20-18(19)21-14-5-6-15-9-11-17(12-10-15)16-7-3-4-8-16/h2,9-12,16H,1,3-8,13-14H2. The molecule has 3 nitrogen and oxygen atoms in total. The summed E-state index contributed by atoms with van der Waals surface area (Å²) >= 11 is 0. The summed E-state index contributed by atoms with van der Waals surface area (Å²) in [4.78, 5) is 11.1. The van der Waals surface area contributed by atoms with Crippen molar-refractivity contribution in [2.75, 3.05) is 13.2 Å². The Morgan fingerprint density at radius 3 is 2.57 bits per heavy atom. The fourth-order valence-corrected chi connectivity index (χ4v) is 2.82. The normalized spacial score (nSPS) is 14.9. The Hall–Kier alpha value is -1.77. The summed E-state index contributed by atoms with van der Waals surface area (Å²) in [6, 6.07) is 8.91. The van der Waals surface area contributed by atoms with Gasteiger partial charge in [0.25, 0.3) is 0 Å². The van der Waals surface area contributed by atoms with E-state index < -0.39 is 6.16 Å². The second-order valence-corrected chi connectivity index (χ2v) is 5.52. The first-order valence-electron chi connectivity index (χ1n) is 7.79. The molecule has 1 fully saturated rings. The van der Waals surface area contributed by atoms with Crippen LogP contribution < -0.4 is 0 Å².